The van der Waals surface area contributed by atoms with E-state index in [0.29, 0.717) is 12.0 Å². The molecule has 0 bridgehead atoms. The Kier molecular flexibility index (Phi) is 4.45. The Labute approximate surface area is 134 Å². The number of hydrogen-bond donors (Lipinski definition) is 1. The van der Waals surface area contributed by atoms with Crippen molar-refractivity contribution in [1.82, 2.24) is 9.88 Å². The number of piperidine rings is 1. The molecule has 0 radical (unpaired) electrons. The summed E-state index contributed by atoms with van der Waals surface area (Å²) in [5.41, 5.74) is 2.19. The topological polar surface area (TPSA) is 28.2 Å². The number of halogens is 1. The van der Waals surface area contributed by atoms with Gasteiger partial charge in [-0.15, -0.1) is 0 Å². The Hall–Kier alpha value is -1.13. The van der Waals surface area contributed by atoms with E-state index in [0.717, 1.165) is 15.7 Å². The fraction of sp³-hybridized carbons (Fsp3) is 0.471. The molecule has 4 heteroatoms. The van der Waals surface area contributed by atoms with Gasteiger partial charge in [0.1, 0.15) is 0 Å². The number of anilines is 1. The molecule has 0 aliphatic carbocycles. The lowest BCUT2D eigenvalue weighted by molar-refractivity contribution is 0.197. The molecule has 1 saturated heterocycles. The van der Waals surface area contributed by atoms with Gasteiger partial charge in [-0.2, -0.15) is 0 Å². The number of pyridine rings is 1. The van der Waals surface area contributed by atoms with Crippen LogP contribution in [0.4, 0.5) is 5.69 Å². The monoisotopic (exact) mass is 347 g/mol. The minimum Gasteiger partial charge on any atom is -0.381 e. The van der Waals surface area contributed by atoms with E-state index >= 15 is 0 Å². The van der Waals surface area contributed by atoms with Crippen LogP contribution in [-0.2, 0) is 0 Å². The summed E-state index contributed by atoms with van der Waals surface area (Å²) in [5, 5.41) is 4.86. The van der Waals surface area contributed by atoms with E-state index in [2.05, 4.69) is 69.4 Å². The van der Waals surface area contributed by atoms with Gasteiger partial charge in [0.15, 0.2) is 0 Å². The normalized spacial score (nSPS) is 21.4. The molecule has 2 atom stereocenters. The summed E-state index contributed by atoms with van der Waals surface area (Å²) in [5.74, 6) is 0.703. The molecule has 1 aromatic carbocycles. The summed E-state index contributed by atoms with van der Waals surface area (Å²) in [6.45, 7) is 4.70. The van der Waals surface area contributed by atoms with E-state index in [1.807, 2.05) is 6.20 Å². The molecule has 1 aromatic heterocycles. The van der Waals surface area contributed by atoms with Gasteiger partial charge in [0.25, 0.3) is 0 Å². The molecule has 1 fully saturated rings. The summed E-state index contributed by atoms with van der Waals surface area (Å²) in [4.78, 5) is 7.01. The predicted molar refractivity (Wildman–Crippen MR) is 92.7 cm³/mol. The molecule has 1 aliphatic rings. The second-order valence-electron chi connectivity index (χ2n) is 6.13. The Morgan fingerprint density at radius 2 is 2.29 bits per heavy atom. The van der Waals surface area contributed by atoms with Crippen molar-refractivity contribution in [3.8, 4) is 0 Å². The number of nitrogens with zero attached hydrogens (tertiary/aromatic N) is 2. The Morgan fingerprint density at radius 3 is 3.10 bits per heavy atom. The average Bonchev–Trinajstić information content (AvgIpc) is 2.47. The second-order valence-corrected chi connectivity index (χ2v) is 7.04. The van der Waals surface area contributed by atoms with Crippen molar-refractivity contribution >= 4 is 32.5 Å². The number of hydrogen-bond acceptors (Lipinski definition) is 3. The molecule has 2 aromatic rings. The SMILES string of the molecule is CC(Nc1cccc2cc(Br)cnc12)C1CCCN(C)C1. The van der Waals surface area contributed by atoms with Crippen LogP contribution in [0.2, 0.25) is 0 Å². The zero-order valence-corrected chi connectivity index (χ0v) is 14.2. The van der Waals surface area contributed by atoms with Crippen LogP contribution in [0, 0.1) is 5.92 Å². The van der Waals surface area contributed by atoms with Crippen LogP contribution >= 0.6 is 15.9 Å². The summed E-state index contributed by atoms with van der Waals surface area (Å²) in [7, 11) is 2.22. The number of benzene rings is 1. The molecule has 2 unspecified atom stereocenters. The van der Waals surface area contributed by atoms with Gasteiger partial charge in [0.2, 0.25) is 0 Å². The Balaban J connectivity index is 1.81. The van der Waals surface area contributed by atoms with E-state index < -0.39 is 0 Å². The quantitative estimate of drug-likeness (QED) is 0.904. The zero-order chi connectivity index (χ0) is 14.8. The third-order valence-corrected chi connectivity index (χ3v) is 4.86. The number of nitrogens with one attached hydrogen (secondary N) is 1. The summed E-state index contributed by atoms with van der Waals surface area (Å²) < 4.78 is 1.02. The highest BCUT2D eigenvalue weighted by Gasteiger charge is 2.23. The maximum absolute atomic E-state index is 4.57. The highest BCUT2D eigenvalue weighted by molar-refractivity contribution is 9.10. The van der Waals surface area contributed by atoms with Crippen molar-refractivity contribution in [2.75, 3.05) is 25.5 Å². The molecular formula is C17H22BrN3. The van der Waals surface area contributed by atoms with Crippen molar-refractivity contribution in [2.45, 2.75) is 25.8 Å². The van der Waals surface area contributed by atoms with Gasteiger partial charge >= 0.3 is 0 Å². The van der Waals surface area contributed by atoms with E-state index in [-0.39, 0.29) is 0 Å². The van der Waals surface area contributed by atoms with E-state index in [1.165, 1.54) is 31.3 Å². The number of rotatable bonds is 3. The van der Waals surface area contributed by atoms with Crippen LogP contribution in [-0.4, -0.2) is 36.1 Å². The van der Waals surface area contributed by atoms with Crippen molar-refractivity contribution in [2.24, 2.45) is 5.92 Å². The van der Waals surface area contributed by atoms with Gasteiger partial charge in [-0.05, 0) is 67.3 Å². The van der Waals surface area contributed by atoms with Gasteiger partial charge in [-0.1, -0.05) is 12.1 Å². The minimum atomic E-state index is 0.462. The molecular weight excluding hydrogens is 326 g/mol. The lowest BCUT2D eigenvalue weighted by Crippen LogP contribution is -2.39. The molecule has 21 heavy (non-hydrogen) atoms. The summed E-state index contributed by atoms with van der Waals surface area (Å²) >= 11 is 3.49. The highest BCUT2D eigenvalue weighted by atomic mass is 79.9. The van der Waals surface area contributed by atoms with Gasteiger partial charge in [0, 0.05) is 28.6 Å². The predicted octanol–water partition coefficient (Wildman–Crippen LogP) is 4.14. The van der Waals surface area contributed by atoms with E-state index in [9.17, 15) is 0 Å². The first-order valence-electron chi connectivity index (χ1n) is 7.63. The first-order chi connectivity index (χ1) is 10.1. The third-order valence-electron chi connectivity index (χ3n) is 4.43. The van der Waals surface area contributed by atoms with Crippen molar-refractivity contribution in [1.29, 1.82) is 0 Å². The minimum absolute atomic E-state index is 0.462. The van der Waals surface area contributed by atoms with Crippen LogP contribution in [0.15, 0.2) is 34.9 Å². The molecule has 3 rings (SSSR count). The summed E-state index contributed by atoms with van der Waals surface area (Å²) in [6.07, 6.45) is 4.47. The third kappa shape index (κ3) is 3.38. The molecule has 0 spiro atoms. The lowest BCUT2D eigenvalue weighted by Gasteiger charge is -2.34. The standard InChI is InChI=1S/C17H22BrN3/c1-12(14-6-4-8-21(2)11-14)20-16-7-3-5-13-9-15(18)10-19-17(13)16/h3,5,7,9-10,12,14,20H,4,6,8,11H2,1-2H3. The summed E-state index contributed by atoms with van der Waals surface area (Å²) in [6, 6.07) is 8.91. The van der Waals surface area contributed by atoms with Crippen LogP contribution < -0.4 is 5.32 Å². The highest BCUT2D eigenvalue weighted by Crippen LogP contribution is 2.27. The Bertz CT molecular complexity index is 628. The van der Waals surface area contributed by atoms with Crippen LogP contribution in [0.1, 0.15) is 19.8 Å². The number of aromatic nitrogens is 1. The van der Waals surface area contributed by atoms with E-state index in [4.69, 9.17) is 0 Å². The maximum atomic E-state index is 4.57. The zero-order valence-electron chi connectivity index (χ0n) is 12.6. The fourth-order valence-electron chi connectivity index (χ4n) is 3.23. The smallest absolute Gasteiger partial charge is 0.0934 e. The molecule has 0 amide bonds. The number of likely N-dealkylation sites (tertiary alicyclic amines) is 1. The van der Waals surface area contributed by atoms with E-state index in [1.54, 1.807) is 0 Å². The van der Waals surface area contributed by atoms with Crippen LogP contribution in [0.5, 0.6) is 0 Å². The van der Waals surface area contributed by atoms with Crippen LogP contribution in [0.3, 0.4) is 0 Å². The second kappa shape index (κ2) is 6.32. The molecule has 1 aliphatic heterocycles. The molecule has 2 heterocycles. The average molecular weight is 348 g/mol. The van der Waals surface area contributed by atoms with Gasteiger partial charge in [-0.25, -0.2) is 0 Å². The molecule has 112 valence electrons. The first-order valence-corrected chi connectivity index (χ1v) is 8.42. The number of fused-ring (bicyclic) bond motifs is 1. The van der Waals surface area contributed by atoms with Gasteiger partial charge in [-0.3, -0.25) is 4.98 Å². The molecule has 1 N–H and O–H groups in total. The number of para-hydroxylation sites is 1. The van der Waals surface area contributed by atoms with Crippen LogP contribution in [0.25, 0.3) is 10.9 Å². The maximum Gasteiger partial charge on any atom is 0.0934 e. The van der Waals surface area contributed by atoms with Gasteiger partial charge < -0.3 is 10.2 Å². The Morgan fingerprint density at radius 1 is 1.43 bits per heavy atom. The van der Waals surface area contributed by atoms with Crippen molar-refractivity contribution < 1.29 is 0 Å². The van der Waals surface area contributed by atoms with Gasteiger partial charge in [0.05, 0.1) is 11.2 Å². The molecule has 0 saturated carbocycles. The van der Waals surface area contributed by atoms with Crippen molar-refractivity contribution in [3.05, 3.63) is 34.9 Å². The fourth-order valence-corrected chi connectivity index (χ4v) is 3.58. The molecule has 3 nitrogen and oxygen atoms in total. The lowest BCUT2D eigenvalue weighted by atomic mass is 9.91. The first kappa shape index (κ1) is 14.8. The largest absolute Gasteiger partial charge is 0.381 e. The van der Waals surface area contributed by atoms with Crippen molar-refractivity contribution in [3.63, 3.8) is 0 Å².